The Hall–Kier alpha value is -0.720. The first kappa shape index (κ1) is 26.3. The quantitative estimate of drug-likeness (QED) is 0.386. The second-order valence-electron chi connectivity index (χ2n) is 11.6. The van der Waals surface area contributed by atoms with Crippen molar-refractivity contribution in [3.63, 3.8) is 0 Å². The Kier molecular flexibility index (Phi) is 9.68. The Labute approximate surface area is 207 Å². The van der Waals surface area contributed by atoms with Crippen LogP contribution in [0.2, 0.25) is 0 Å². The zero-order chi connectivity index (χ0) is 24.0. The first-order valence-electron chi connectivity index (χ1n) is 14.2. The largest absolute Gasteiger partial charge is 0.368 e. The van der Waals surface area contributed by atoms with E-state index in [-0.39, 0.29) is 18.6 Å². The van der Waals surface area contributed by atoms with E-state index in [2.05, 4.69) is 24.3 Å². The van der Waals surface area contributed by atoms with Crippen molar-refractivity contribution in [2.45, 2.75) is 121 Å². The first-order valence-corrected chi connectivity index (χ1v) is 14.2. The maximum Gasteiger partial charge on any atom is 0.179 e. The number of hydrogen-bond donors (Lipinski definition) is 3. The van der Waals surface area contributed by atoms with Crippen molar-refractivity contribution in [2.75, 3.05) is 6.61 Å². The Morgan fingerprint density at radius 3 is 2.21 bits per heavy atom. The van der Waals surface area contributed by atoms with Gasteiger partial charge in [-0.05, 0) is 88.4 Å². The van der Waals surface area contributed by atoms with Gasteiger partial charge in [-0.3, -0.25) is 0 Å². The number of hydrogen-bond acceptors (Lipinski definition) is 5. The van der Waals surface area contributed by atoms with Gasteiger partial charge in [-0.2, -0.15) is 0 Å². The molecule has 34 heavy (non-hydrogen) atoms. The lowest BCUT2D eigenvalue weighted by Gasteiger charge is -2.56. The maximum atomic E-state index is 11.1. The predicted molar refractivity (Wildman–Crippen MR) is 136 cm³/mol. The van der Waals surface area contributed by atoms with E-state index in [1.807, 2.05) is 0 Å². The van der Waals surface area contributed by atoms with Gasteiger partial charge in [0.2, 0.25) is 0 Å². The van der Waals surface area contributed by atoms with Crippen molar-refractivity contribution < 1.29 is 19.7 Å². The summed E-state index contributed by atoms with van der Waals surface area (Å²) >= 11 is 0. The van der Waals surface area contributed by atoms with Gasteiger partial charge in [-0.1, -0.05) is 56.4 Å². The molecule has 0 aromatic heterocycles. The summed E-state index contributed by atoms with van der Waals surface area (Å²) in [6.45, 7) is 1.58. The zero-order valence-electron chi connectivity index (χ0n) is 21.3. The molecule has 0 aromatic carbocycles. The van der Waals surface area contributed by atoms with Gasteiger partial charge in [0.05, 0.1) is 5.60 Å². The highest BCUT2D eigenvalue weighted by molar-refractivity contribution is 5.13. The average molecular weight is 476 g/mol. The molecule has 6 unspecified atom stereocenters. The molecule has 0 heterocycles. The number of ether oxygens (including phenoxy) is 2. The predicted octanol–water partition coefficient (Wildman–Crippen LogP) is 5.45. The lowest BCUT2D eigenvalue weighted by Crippen LogP contribution is -2.61. The fourth-order valence-electron chi connectivity index (χ4n) is 7.93. The molecule has 0 spiro atoms. The van der Waals surface area contributed by atoms with Crippen LogP contribution in [0.4, 0.5) is 0 Å². The number of aliphatic hydroxyl groups excluding tert-OH is 2. The molecule has 3 saturated carbocycles. The summed E-state index contributed by atoms with van der Waals surface area (Å²) in [5.74, 6) is 2.55. The molecule has 0 aliphatic heterocycles. The van der Waals surface area contributed by atoms with Gasteiger partial charge in [0, 0.05) is 12.0 Å². The highest BCUT2D eigenvalue weighted by atomic mass is 16.7. The molecule has 5 nitrogen and oxygen atoms in total. The van der Waals surface area contributed by atoms with Crippen molar-refractivity contribution >= 4 is 0 Å². The molecule has 0 radical (unpaired) electrons. The van der Waals surface area contributed by atoms with Crippen LogP contribution in [-0.2, 0) is 9.47 Å². The second-order valence-corrected chi connectivity index (χ2v) is 11.6. The first-order chi connectivity index (χ1) is 16.5. The highest BCUT2D eigenvalue weighted by Crippen LogP contribution is 2.54. The van der Waals surface area contributed by atoms with E-state index in [0.29, 0.717) is 17.8 Å². The SMILES string of the molecule is CC(O)OCC(O)OC(C1CCCCC1)(C1CCC(C2C=CC=CC2)CC1)C1CCCCC1N. The van der Waals surface area contributed by atoms with Crippen molar-refractivity contribution in [3.8, 4) is 0 Å². The molecule has 0 bridgehead atoms. The summed E-state index contributed by atoms with van der Waals surface area (Å²) in [6.07, 6.45) is 23.8. The Morgan fingerprint density at radius 2 is 1.56 bits per heavy atom. The van der Waals surface area contributed by atoms with Crippen LogP contribution in [-0.4, -0.2) is 41.0 Å². The fourth-order valence-corrected chi connectivity index (χ4v) is 7.93. The van der Waals surface area contributed by atoms with E-state index < -0.39 is 18.2 Å². The van der Waals surface area contributed by atoms with Gasteiger partial charge in [-0.15, -0.1) is 0 Å². The normalized spacial score (nSPS) is 36.6. The third kappa shape index (κ3) is 6.15. The molecular weight excluding hydrogens is 426 g/mol. The van der Waals surface area contributed by atoms with Crippen LogP contribution in [0.5, 0.6) is 0 Å². The van der Waals surface area contributed by atoms with Gasteiger partial charge in [-0.25, -0.2) is 0 Å². The topological polar surface area (TPSA) is 84.9 Å². The van der Waals surface area contributed by atoms with Crippen LogP contribution >= 0.6 is 0 Å². The molecule has 5 heteroatoms. The molecule has 0 aromatic rings. The van der Waals surface area contributed by atoms with Crippen LogP contribution < -0.4 is 5.73 Å². The van der Waals surface area contributed by atoms with E-state index in [4.69, 9.17) is 15.2 Å². The molecule has 4 aliphatic rings. The van der Waals surface area contributed by atoms with Crippen LogP contribution in [0, 0.1) is 29.6 Å². The van der Waals surface area contributed by atoms with Crippen molar-refractivity contribution in [1.29, 1.82) is 0 Å². The third-order valence-corrected chi connectivity index (χ3v) is 9.49. The molecule has 6 atom stereocenters. The second kappa shape index (κ2) is 12.5. The maximum absolute atomic E-state index is 11.1. The lowest BCUT2D eigenvalue weighted by molar-refractivity contribution is -0.283. The molecule has 194 valence electrons. The Balaban J connectivity index is 1.59. The Morgan fingerprint density at radius 1 is 0.882 bits per heavy atom. The summed E-state index contributed by atoms with van der Waals surface area (Å²) in [7, 11) is 0. The standard InChI is InChI=1S/C29H49NO4/c1-21(31)33-20-28(32)34-29(24-12-6-3-7-13-24,26-14-8-9-15-27(26)30)25-18-16-23(17-19-25)22-10-4-2-5-11-22/h2,4-5,10,21-28,31-32H,3,6-9,11-20,30H2,1H3. The minimum Gasteiger partial charge on any atom is -0.368 e. The van der Waals surface area contributed by atoms with Crippen LogP contribution in [0.25, 0.3) is 0 Å². The van der Waals surface area contributed by atoms with Crippen molar-refractivity contribution in [3.05, 3.63) is 24.3 Å². The number of rotatable bonds is 9. The van der Waals surface area contributed by atoms with Crippen molar-refractivity contribution in [1.82, 2.24) is 0 Å². The summed E-state index contributed by atoms with van der Waals surface area (Å²) in [6, 6.07) is 0.129. The van der Waals surface area contributed by atoms with E-state index >= 15 is 0 Å². The minimum absolute atomic E-state index is 0.00262. The molecule has 3 fully saturated rings. The molecule has 4 N–H and O–H groups in total. The van der Waals surface area contributed by atoms with Gasteiger partial charge in [0.15, 0.2) is 12.6 Å². The fraction of sp³-hybridized carbons (Fsp3) is 0.862. The summed E-state index contributed by atoms with van der Waals surface area (Å²) < 4.78 is 12.2. The van der Waals surface area contributed by atoms with Crippen molar-refractivity contribution in [2.24, 2.45) is 35.3 Å². The van der Waals surface area contributed by atoms with E-state index in [1.54, 1.807) is 6.92 Å². The highest BCUT2D eigenvalue weighted by Gasteiger charge is 2.55. The summed E-state index contributed by atoms with van der Waals surface area (Å²) in [5, 5.41) is 20.7. The van der Waals surface area contributed by atoms with Crippen LogP contribution in [0.1, 0.15) is 96.8 Å². The average Bonchev–Trinajstić information content (AvgIpc) is 2.88. The Bertz CT molecular complexity index is 665. The molecule has 0 amide bonds. The van der Waals surface area contributed by atoms with Gasteiger partial charge in [0.25, 0.3) is 0 Å². The van der Waals surface area contributed by atoms with Gasteiger partial charge >= 0.3 is 0 Å². The van der Waals surface area contributed by atoms with E-state index in [0.717, 1.165) is 31.6 Å². The smallest absolute Gasteiger partial charge is 0.179 e. The summed E-state index contributed by atoms with van der Waals surface area (Å²) in [5.41, 5.74) is 6.48. The number of nitrogens with two attached hydrogens (primary N) is 1. The lowest BCUT2D eigenvalue weighted by atomic mass is 9.56. The molecule has 0 saturated heterocycles. The number of aliphatic hydroxyl groups is 2. The van der Waals surface area contributed by atoms with Crippen LogP contribution in [0.3, 0.4) is 0 Å². The van der Waals surface area contributed by atoms with E-state index in [9.17, 15) is 10.2 Å². The number of allylic oxidation sites excluding steroid dienone is 4. The molecule has 4 aliphatic carbocycles. The zero-order valence-corrected chi connectivity index (χ0v) is 21.3. The summed E-state index contributed by atoms with van der Waals surface area (Å²) in [4.78, 5) is 0. The minimum atomic E-state index is -1.03. The van der Waals surface area contributed by atoms with Crippen LogP contribution in [0.15, 0.2) is 24.3 Å². The van der Waals surface area contributed by atoms with Gasteiger partial charge in [0.1, 0.15) is 6.61 Å². The molecular formula is C29H49NO4. The monoisotopic (exact) mass is 475 g/mol. The molecule has 4 rings (SSSR count). The van der Waals surface area contributed by atoms with E-state index in [1.165, 1.54) is 64.2 Å². The van der Waals surface area contributed by atoms with Gasteiger partial charge < -0.3 is 25.4 Å². The third-order valence-electron chi connectivity index (χ3n) is 9.49.